The molecule has 1 aliphatic heterocycles. The molecule has 1 saturated carbocycles. The van der Waals surface area contributed by atoms with E-state index in [-0.39, 0.29) is 11.4 Å². The highest BCUT2D eigenvalue weighted by molar-refractivity contribution is 5.91. The highest BCUT2D eigenvalue weighted by atomic mass is 16.5. The highest BCUT2D eigenvalue weighted by Crippen LogP contribution is 2.47. The molecule has 1 aromatic rings. The Labute approximate surface area is 144 Å². The van der Waals surface area contributed by atoms with Gasteiger partial charge in [-0.15, -0.1) is 0 Å². The summed E-state index contributed by atoms with van der Waals surface area (Å²) in [6.07, 6.45) is 4.50. The van der Waals surface area contributed by atoms with E-state index in [0.717, 1.165) is 43.7 Å². The molecule has 2 heterocycles. The SMILES string of the molecule is CC1CC1c1ccc(/C=C/C(=O)NCC(C)(C)N2CCOCC2)o1. The van der Waals surface area contributed by atoms with Gasteiger partial charge in [0.1, 0.15) is 11.5 Å². The summed E-state index contributed by atoms with van der Waals surface area (Å²) in [5.74, 6) is 2.98. The average molecular weight is 332 g/mol. The predicted molar refractivity (Wildman–Crippen MR) is 93.7 cm³/mol. The Bertz CT molecular complexity index is 600. The van der Waals surface area contributed by atoms with Gasteiger partial charge in [0.15, 0.2) is 0 Å². The molecule has 0 radical (unpaired) electrons. The molecule has 1 aliphatic carbocycles. The average Bonchev–Trinajstić information content (AvgIpc) is 3.12. The number of hydrogen-bond acceptors (Lipinski definition) is 4. The van der Waals surface area contributed by atoms with Crippen molar-refractivity contribution in [2.24, 2.45) is 5.92 Å². The molecule has 2 aliphatic rings. The molecule has 2 atom stereocenters. The van der Waals surface area contributed by atoms with Crippen LogP contribution in [0.3, 0.4) is 0 Å². The van der Waals surface area contributed by atoms with Gasteiger partial charge in [-0.2, -0.15) is 0 Å². The minimum absolute atomic E-state index is 0.0761. The summed E-state index contributed by atoms with van der Waals surface area (Å²) in [7, 11) is 0. The standard InChI is InChI=1S/C19H28N2O3/c1-14-12-16(14)17-6-4-15(24-17)5-7-18(22)20-13-19(2,3)21-8-10-23-11-9-21/h4-7,14,16H,8-13H2,1-3H3,(H,20,22)/b7-5+. The van der Waals surface area contributed by atoms with Crippen molar-refractivity contribution >= 4 is 12.0 Å². The topological polar surface area (TPSA) is 54.7 Å². The lowest BCUT2D eigenvalue weighted by molar-refractivity contribution is -0.117. The van der Waals surface area contributed by atoms with Gasteiger partial charge in [-0.3, -0.25) is 9.69 Å². The van der Waals surface area contributed by atoms with Crippen LogP contribution in [0.5, 0.6) is 0 Å². The maximum atomic E-state index is 12.1. The minimum atomic E-state index is -0.0888. The van der Waals surface area contributed by atoms with E-state index in [0.29, 0.717) is 12.5 Å². The van der Waals surface area contributed by atoms with Gasteiger partial charge in [-0.25, -0.2) is 0 Å². The van der Waals surface area contributed by atoms with E-state index in [1.54, 1.807) is 12.2 Å². The smallest absolute Gasteiger partial charge is 0.244 e. The number of rotatable bonds is 6. The summed E-state index contributed by atoms with van der Waals surface area (Å²) >= 11 is 0. The molecule has 2 unspecified atom stereocenters. The summed E-state index contributed by atoms with van der Waals surface area (Å²) < 4.78 is 11.2. The number of carbonyl (C=O) groups is 1. The number of hydrogen-bond donors (Lipinski definition) is 1. The van der Waals surface area contributed by atoms with Gasteiger partial charge in [0.2, 0.25) is 5.91 Å². The van der Waals surface area contributed by atoms with Crippen LogP contribution in [0.1, 0.15) is 44.6 Å². The van der Waals surface area contributed by atoms with Crippen LogP contribution in [0, 0.1) is 5.92 Å². The Kier molecular flexibility index (Phi) is 5.11. The van der Waals surface area contributed by atoms with Crippen LogP contribution < -0.4 is 5.32 Å². The molecule has 0 bridgehead atoms. The zero-order chi connectivity index (χ0) is 17.2. The lowest BCUT2D eigenvalue weighted by Crippen LogP contribution is -2.55. The van der Waals surface area contributed by atoms with Crippen molar-refractivity contribution in [3.8, 4) is 0 Å². The Balaban J connectivity index is 1.47. The molecule has 1 amide bonds. The van der Waals surface area contributed by atoms with Crippen molar-refractivity contribution < 1.29 is 13.9 Å². The van der Waals surface area contributed by atoms with E-state index in [4.69, 9.17) is 9.15 Å². The number of amides is 1. The van der Waals surface area contributed by atoms with E-state index in [2.05, 4.69) is 31.0 Å². The fourth-order valence-corrected chi connectivity index (χ4v) is 3.18. The third kappa shape index (κ3) is 4.28. The maximum Gasteiger partial charge on any atom is 0.244 e. The monoisotopic (exact) mass is 332 g/mol. The quantitative estimate of drug-likeness (QED) is 0.814. The number of nitrogens with one attached hydrogen (secondary N) is 1. The van der Waals surface area contributed by atoms with E-state index >= 15 is 0 Å². The first-order chi connectivity index (χ1) is 11.5. The molecule has 3 rings (SSSR count). The highest BCUT2D eigenvalue weighted by Gasteiger charge is 2.36. The van der Waals surface area contributed by atoms with Crippen molar-refractivity contribution in [2.45, 2.75) is 38.6 Å². The Morgan fingerprint density at radius 2 is 2.08 bits per heavy atom. The van der Waals surface area contributed by atoms with Crippen LogP contribution in [-0.4, -0.2) is 49.2 Å². The molecule has 24 heavy (non-hydrogen) atoms. The second-order valence-corrected chi connectivity index (χ2v) is 7.52. The van der Waals surface area contributed by atoms with Crippen LogP contribution in [0.15, 0.2) is 22.6 Å². The number of ether oxygens (including phenoxy) is 1. The Morgan fingerprint density at radius 1 is 1.38 bits per heavy atom. The number of carbonyl (C=O) groups excluding carboxylic acids is 1. The van der Waals surface area contributed by atoms with Crippen molar-refractivity contribution in [3.63, 3.8) is 0 Å². The van der Waals surface area contributed by atoms with Crippen molar-refractivity contribution in [1.82, 2.24) is 10.2 Å². The van der Waals surface area contributed by atoms with E-state index in [1.165, 1.54) is 6.42 Å². The second-order valence-electron chi connectivity index (χ2n) is 7.52. The van der Waals surface area contributed by atoms with Gasteiger partial charge in [0.05, 0.1) is 13.2 Å². The van der Waals surface area contributed by atoms with E-state index in [1.807, 2.05) is 12.1 Å². The van der Waals surface area contributed by atoms with Gasteiger partial charge in [-0.05, 0) is 44.4 Å². The zero-order valence-electron chi connectivity index (χ0n) is 14.9. The van der Waals surface area contributed by atoms with Gasteiger partial charge in [0, 0.05) is 37.2 Å². The first kappa shape index (κ1) is 17.2. The maximum absolute atomic E-state index is 12.1. The summed E-state index contributed by atoms with van der Waals surface area (Å²) in [5, 5.41) is 2.99. The fraction of sp³-hybridized carbons (Fsp3) is 0.632. The molecular formula is C19H28N2O3. The van der Waals surface area contributed by atoms with Gasteiger partial charge < -0.3 is 14.5 Å². The molecular weight excluding hydrogens is 304 g/mol. The normalized spacial score (nSPS) is 25.1. The van der Waals surface area contributed by atoms with Crippen LogP contribution in [-0.2, 0) is 9.53 Å². The molecule has 1 aromatic heterocycles. The molecule has 0 aromatic carbocycles. The number of morpholine rings is 1. The summed E-state index contributed by atoms with van der Waals surface area (Å²) in [5.41, 5.74) is -0.0761. The molecule has 5 heteroatoms. The Hall–Kier alpha value is -1.59. The zero-order valence-corrected chi connectivity index (χ0v) is 14.9. The molecule has 1 N–H and O–H groups in total. The van der Waals surface area contributed by atoms with Gasteiger partial charge in [0.25, 0.3) is 0 Å². The van der Waals surface area contributed by atoms with Crippen LogP contribution in [0.4, 0.5) is 0 Å². The molecule has 1 saturated heterocycles. The molecule has 2 fully saturated rings. The molecule has 0 spiro atoms. The predicted octanol–water partition coefficient (Wildman–Crippen LogP) is 2.64. The largest absolute Gasteiger partial charge is 0.461 e. The van der Waals surface area contributed by atoms with Gasteiger partial charge in [-0.1, -0.05) is 6.92 Å². The summed E-state index contributed by atoms with van der Waals surface area (Å²) in [6, 6.07) is 3.95. The van der Waals surface area contributed by atoms with Crippen molar-refractivity contribution in [3.05, 3.63) is 29.7 Å². The van der Waals surface area contributed by atoms with Crippen molar-refractivity contribution in [2.75, 3.05) is 32.8 Å². The second kappa shape index (κ2) is 7.11. The van der Waals surface area contributed by atoms with Crippen LogP contribution in [0.2, 0.25) is 0 Å². The number of nitrogens with zero attached hydrogens (tertiary/aromatic N) is 1. The Morgan fingerprint density at radius 3 is 2.75 bits per heavy atom. The minimum Gasteiger partial charge on any atom is -0.461 e. The van der Waals surface area contributed by atoms with Crippen LogP contribution in [0.25, 0.3) is 6.08 Å². The van der Waals surface area contributed by atoms with E-state index < -0.39 is 0 Å². The van der Waals surface area contributed by atoms with Crippen LogP contribution >= 0.6 is 0 Å². The lowest BCUT2D eigenvalue weighted by atomic mass is 10.0. The molecule has 5 nitrogen and oxygen atoms in total. The molecule has 132 valence electrons. The summed E-state index contributed by atoms with van der Waals surface area (Å²) in [4.78, 5) is 14.4. The third-order valence-corrected chi connectivity index (χ3v) is 5.08. The van der Waals surface area contributed by atoms with Gasteiger partial charge >= 0.3 is 0 Å². The first-order valence-electron chi connectivity index (χ1n) is 8.84. The summed E-state index contributed by atoms with van der Waals surface area (Å²) in [6.45, 7) is 10.5. The van der Waals surface area contributed by atoms with Crippen molar-refractivity contribution in [1.29, 1.82) is 0 Å². The third-order valence-electron chi connectivity index (χ3n) is 5.08. The van der Waals surface area contributed by atoms with E-state index in [9.17, 15) is 4.79 Å². The number of furan rings is 1. The fourth-order valence-electron chi connectivity index (χ4n) is 3.18. The first-order valence-corrected chi connectivity index (χ1v) is 8.84. The lowest BCUT2D eigenvalue weighted by Gasteiger charge is -2.40.